The van der Waals surface area contributed by atoms with Gasteiger partial charge in [-0.25, -0.2) is 9.48 Å². The van der Waals surface area contributed by atoms with Crippen molar-refractivity contribution in [3.63, 3.8) is 0 Å². The fourth-order valence-electron chi connectivity index (χ4n) is 2.69. The second-order valence-electron chi connectivity index (χ2n) is 6.28. The highest BCUT2D eigenvalue weighted by Crippen LogP contribution is 2.29. The number of aromatic hydroxyl groups is 1. The van der Waals surface area contributed by atoms with Gasteiger partial charge in [0.05, 0.1) is 18.5 Å². The first-order valence-electron chi connectivity index (χ1n) is 8.39. The SMILES string of the molecule is COc1ccc(-n2nc(N(C)C(=O)N(C)C)cc2-c2ccc(O)cc2)cc1. The Labute approximate surface area is 158 Å². The predicted molar refractivity (Wildman–Crippen MR) is 105 cm³/mol. The molecule has 1 heterocycles. The lowest BCUT2D eigenvalue weighted by molar-refractivity contribution is 0.225. The molecule has 0 radical (unpaired) electrons. The molecule has 0 atom stereocenters. The lowest BCUT2D eigenvalue weighted by Gasteiger charge is -2.19. The minimum Gasteiger partial charge on any atom is -0.508 e. The molecule has 7 nitrogen and oxygen atoms in total. The number of urea groups is 1. The summed E-state index contributed by atoms with van der Waals surface area (Å²) in [7, 11) is 6.69. The van der Waals surface area contributed by atoms with Crippen LogP contribution in [0.15, 0.2) is 54.6 Å². The number of aromatic nitrogens is 2. The Morgan fingerprint density at radius 2 is 1.67 bits per heavy atom. The van der Waals surface area contributed by atoms with Crippen molar-refractivity contribution in [2.45, 2.75) is 0 Å². The Hall–Kier alpha value is -3.48. The number of ether oxygens (including phenoxy) is 1. The molecule has 3 aromatic rings. The van der Waals surface area contributed by atoms with E-state index in [-0.39, 0.29) is 11.8 Å². The quantitative estimate of drug-likeness (QED) is 0.768. The molecule has 1 N–H and O–H groups in total. The first-order valence-corrected chi connectivity index (χ1v) is 8.39. The van der Waals surface area contributed by atoms with Gasteiger partial charge in [0.25, 0.3) is 0 Å². The maximum Gasteiger partial charge on any atom is 0.324 e. The zero-order valence-corrected chi connectivity index (χ0v) is 15.7. The number of methoxy groups -OCH3 is 1. The van der Waals surface area contributed by atoms with Gasteiger partial charge in [0.1, 0.15) is 11.5 Å². The number of phenols is 1. The average molecular weight is 366 g/mol. The van der Waals surface area contributed by atoms with Gasteiger partial charge < -0.3 is 14.7 Å². The maximum absolute atomic E-state index is 12.3. The van der Waals surface area contributed by atoms with E-state index in [1.807, 2.05) is 42.5 Å². The number of anilines is 1. The summed E-state index contributed by atoms with van der Waals surface area (Å²) in [4.78, 5) is 15.3. The van der Waals surface area contributed by atoms with Gasteiger partial charge in [-0.3, -0.25) is 4.90 Å². The average Bonchev–Trinajstić information content (AvgIpc) is 3.12. The summed E-state index contributed by atoms with van der Waals surface area (Å²) in [5.74, 6) is 1.46. The Kier molecular flexibility index (Phi) is 5.03. The van der Waals surface area contributed by atoms with E-state index in [0.717, 1.165) is 22.7 Å². The lowest BCUT2D eigenvalue weighted by atomic mass is 10.1. The zero-order chi connectivity index (χ0) is 19.6. The molecule has 7 heteroatoms. The van der Waals surface area contributed by atoms with Crippen molar-refractivity contribution < 1.29 is 14.6 Å². The number of hydrogen-bond acceptors (Lipinski definition) is 4. The third kappa shape index (κ3) is 3.72. The largest absolute Gasteiger partial charge is 0.508 e. The van der Waals surface area contributed by atoms with Gasteiger partial charge in [0.15, 0.2) is 5.82 Å². The summed E-state index contributed by atoms with van der Waals surface area (Å²) in [5, 5.41) is 14.2. The van der Waals surface area contributed by atoms with E-state index in [0.29, 0.717) is 5.82 Å². The Morgan fingerprint density at radius 3 is 2.22 bits per heavy atom. The molecule has 0 aliphatic rings. The minimum atomic E-state index is -0.174. The van der Waals surface area contributed by atoms with Crippen LogP contribution in [0.25, 0.3) is 16.9 Å². The second kappa shape index (κ2) is 7.41. The predicted octanol–water partition coefficient (Wildman–Crippen LogP) is 3.37. The number of hydrogen-bond donors (Lipinski definition) is 1. The van der Waals surface area contributed by atoms with Crippen LogP contribution in [0.1, 0.15) is 0 Å². The first-order chi connectivity index (χ1) is 12.9. The van der Waals surface area contributed by atoms with Gasteiger partial charge in [0.2, 0.25) is 0 Å². The molecular formula is C20H22N4O3. The molecule has 0 saturated carbocycles. The summed E-state index contributed by atoms with van der Waals surface area (Å²) in [5.41, 5.74) is 2.50. The van der Waals surface area contributed by atoms with Gasteiger partial charge in [-0.2, -0.15) is 0 Å². The van der Waals surface area contributed by atoms with Crippen LogP contribution >= 0.6 is 0 Å². The normalized spacial score (nSPS) is 10.5. The Morgan fingerprint density at radius 1 is 1.04 bits per heavy atom. The molecule has 0 unspecified atom stereocenters. The van der Waals surface area contributed by atoms with Crippen LogP contribution in [0.5, 0.6) is 11.5 Å². The molecule has 0 saturated heterocycles. The van der Waals surface area contributed by atoms with E-state index in [9.17, 15) is 9.90 Å². The maximum atomic E-state index is 12.3. The molecule has 0 aliphatic heterocycles. The number of rotatable bonds is 4. The highest BCUT2D eigenvalue weighted by molar-refractivity contribution is 5.90. The van der Waals surface area contributed by atoms with Gasteiger partial charge >= 0.3 is 6.03 Å². The van der Waals surface area contributed by atoms with Crippen molar-refractivity contribution in [1.29, 1.82) is 0 Å². The van der Waals surface area contributed by atoms with Gasteiger partial charge in [0, 0.05) is 32.8 Å². The Balaban J connectivity index is 2.11. The fourth-order valence-corrected chi connectivity index (χ4v) is 2.69. The molecule has 2 amide bonds. The van der Waals surface area contributed by atoms with Crippen LogP contribution in [-0.4, -0.2) is 54.1 Å². The third-order valence-electron chi connectivity index (χ3n) is 4.19. The van der Waals surface area contributed by atoms with E-state index < -0.39 is 0 Å². The molecule has 0 bridgehead atoms. The summed E-state index contributed by atoms with van der Waals surface area (Å²) in [6.07, 6.45) is 0. The van der Waals surface area contributed by atoms with Crippen molar-refractivity contribution in [2.24, 2.45) is 0 Å². The monoisotopic (exact) mass is 366 g/mol. The van der Waals surface area contributed by atoms with Gasteiger partial charge in [-0.05, 0) is 48.5 Å². The highest BCUT2D eigenvalue weighted by atomic mass is 16.5. The molecule has 1 aromatic heterocycles. The van der Waals surface area contributed by atoms with E-state index in [1.54, 1.807) is 45.1 Å². The summed E-state index contributed by atoms with van der Waals surface area (Å²) < 4.78 is 6.98. The molecule has 140 valence electrons. The first kappa shape index (κ1) is 18.3. The van der Waals surface area contributed by atoms with Crippen molar-refractivity contribution in [3.05, 3.63) is 54.6 Å². The molecule has 0 fully saturated rings. The topological polar surface area (TPSA) is 70.8 Å². The van der Waals surface area contributed by atoms with Crippen LogP contribution in [0.2, 0.25) is 0 Å². The van der Waals surface area contributed by atoms with E-state index >= 15 is 0 Å². The number of phenolic OH excluding ortho intramolecular Hbond substituents is 1. The number of benzene rings is 2. The van der Waals surface area contributed by atoms with Crippen LogP contribution in [-0.2, 0) is 0 Å². The smallest absolute Gasteiger partial charge is 0.324 e. The standard InChI is InChI=1S/C20H22N4O3/c1-22(2)20(26)23(3)19-13-18(14-5-9-16(25)10-6-14)24(21-19)15-7-11-17(27-4)12-8-15/h5-13,25H,1-4H3. The molecule has 2 aromatic carbocycles. The van der Waals surface area contributed by atoms with Gasteiger partial charge in [-0.15, -0.1) is 5.10 Å². The summed E-state index contributed by atoms with van der Waals surface area (Å²) >= 11 is 0. The summed E-state index contributed by atoms with van der Waals surface area (Å²) in [6.45, 7) is 0. The highest BCUT2D eigenvalue weighted by Gasteiger charge is 2.19. The van der Waals surface area contributed by atoms with Crippen molar-refractivity contribution in [3.8, 4) is 28.4 Å². The van der Waals surface area contributed by atoms with Gasteiger partial charge in [-0.1, -0.05) is 0 Å². The van der Waals surface area contributed by atoms with Crippen molar-refractivity contribution in [2.75, 3.05) is 33.2 Å². The number of amides is 2. The van der Waals surface area contributed by atoms with Crippen LogP contribution in [0.4, 0.5) is 10.6 Å². The van der Waals surface area contributed by atoms with Crippen LogP contribution in [0.3, 0.4) is 0 Å². The lowest BCUT2D eigenvalue weighted by Crippen LogP contribution is -2.36. The second-order valence-corrected chi connectivity index (χ2v) is 6.28. The third-order valence-corrected chi connectivity index (χ3v) is 4.19. The van der Waals surface area contributed by atoms with E-state index in [4.69, 9.17) is 4.74 Å². The number of carbonyl (C=O) groups excluding carboxylic acids is 1. The molecule has 27 heavy (non-hydrogen) atoms. The summed E-state index contributed by atoms with van der Waals surface area (Å²) in [6, 6.07) is 16.0. The molecule has 3 rings (SSSR count). The molecular weight excluding hydrogens is 344 g/mol. The van der Waals surface area contributed by atoms with Crippen molar-refractivity contribution in [1.82, 2.24) is 14.7 Å². The molecule has 0 spiro atoms. The zero-order valence-electron chi connectivity index (χ0n) is 15.7. The van der Waals surface area contributed by atoms with Crippen LogP contribution in [0, 0.1) is 0 Å². The van der Waals surface area contributed by atoms with Crippen molar-refractivity contribution >= 4 is 11.8 Å². The minimum absolute atomic E-state index is 0.174. The van der Waals surface area contributed by atoms with Crippen LogP contribution < -0.4 is 9.64 Å². The number of carbonyl (C=O) groups is 1. The van der Waals surface area contributed by atoms with E-state index in [2.05, 4.69) is 5.10 Å². The van der Waals surface area contributed by atoms with E-state index in [1.165, 1.54) is 9.80 Å². The fraction of sp³-hybridized carbons (Fsp3) is 0.200. The molecule has 0 aliphatic carbocycles. The Bertz CT molecular complexity index is 931. The number of nitrogens with zero attached hydrogens (tertiary/aromatic N) is 4.